The van der Waals surface area contributed by atoms with E-state index in [-0.39, 0.29) is 22.3 Å². The zero-order chi connectivity index (χ0) is 22.2. The number of likely N-dealkylation sites (N-methyl/N-ethyl adjacent to an activating group) is 1. The minimum absolute atomic E-state index is 0.0129. The lowest BCUT2D eigenvalue weighted by Crippen LogP contribution is -2.39. The largest absolute Gasteiger partial charge is 0.497 e. The van der Waals surface area contributed by atoms with E-state index in [1.807, 2.05) is 36.4 Å². The number of hydrogen-bond acceptors (Lipinski definition) is 5. The Bertz CT molecular complexity index is 1220. The number of sulfonamides is 1. The highest BCUT2D eigenvalue weighted by atomic mass is 35.5. The van der Waals surface area contributed by atoms with E-state index in [1.54, 1.807) is 34.9 Å². The van der Waals surface area contributed by atoms with E-state index in [2.05, 4.69) is 5.10 Å². The Balaban J connectivity index is 1.98. The molecule has 0 aliphatic heterocycles. The van der Waals surface area contributed by atoms with Crippen molar-refractivity contribution in [2.45, 2.75) is 31.6 Å². The first-order valence-electron chi connectivity index (χ1n) is 9.45. The number of hydrogen-bond donors (Lipinski definition) is 0. The van der Waals surface area contributed by atoms with E-state index < -0.39 is 21.8 Å². The maximum Gasteiger partial charge on any atom is 0.271 e. The van der Waals surface area contributed by atoms with Crippen LogP contribution in [0.15, 0.2) is 41.3 Å². The van der Waals surface area contributed by atoms with Gasteiger partial charge in [-0.25, -0.2) is 12.7 Å². The molecule has 0 bridgehead atoms. The first-order valence-corrected chi connectivity index (χ1v) is 11.3. The highest BCUT2D eigenvalue weighted by Crippen LogP contribution is 2.31. The number of ether oxygens (including phenoxy) is 1. The van der Waals surface area contributed by atoms with Crippen LogP contribution in [-0.4, -0.2) is 42.1 Å². The van der Waals surface area contributed by atoms with Crippen molar-refractivity contribution >= 4 is 38.3 Å². The van der Waals surface area contributed by atoms with Crippen molar-refractivity contribution in [3.05, 3.63) is 52.8 Å². The SMILES string of the molecule is CCN(C(=O)[C@@H](C)c1ccc2cc(OC)ccc2c1)S(=O)(=O)c1c(C)nn(C)c1Cl. The Morgan fingerprint density at radius 3 is 2.43 bits per heavy atom. The molecular weight excluding hydrogens is 426 g/mol. The van der Waals surface area contributed by atoms with Crippen molar-refractivity contribution in [1.82, 2.24) is 14.1 Å². The molecule has 2 aromatic carbocycles. The van der Waals surface area contributed by atoms with E-state index in [4.69, 9.17) is 16.3 Å². The van der Waals surface area contributed by atoms with Gasteiger partial charge in [0.25, 0.3) is 10.0 Å². The fourth-order valence-corrected chi connectivity index (χ4v) is 5.64. The van der Waals surface area contributed by atoms with Crippen LogP contribution in [0, 0.1) is 6.92 Å². The van der Waals surface area contributed by atoms with Crippen molar-refractivity contribution in [2.75, 3.05) is 13.7 Å². The van der Waals surface area contributed by atoms with Gasteiger partial charge in [-0.15, -0.1) is 0 Å². The molecule has 0 saturated heterocycles. The van der Waals surface area contributed by atoms with Gasteiger partial charge < -0.3 is 4.74 Å². The number of benzene rings is 2. The number of halogens is 1. The highest BCUT2D eigenvalue weighted by molar-refractivity contribution is 7.89. The number of amides is 1. The zero-order valence-corrected chi connectivity index (χ0v) is 19.1. The summed E-state index contributed by atoms with van der Waals surface area (Å²) in [5.74, 6) is -0.446. The first kappa shape index (κ1) is 22.1. The molecule has 160 valence electrons. The molecule has 3 aromatic rings. The maximum absolute atomic E-state index is 13.2. The summed E-state index contributed by atoms with van der Waals surface area (Å²) >= 11 is 6.16. The zero-order valence-electron chi connectivity index (χ0n) is 17.5. The minimum Gasteiger partial charge on any atom is -0.497 e. The third-order valence-electron chi connectivity index (χ3n) is 5.12. The van der Waals surface area contributed by atoms with Gasteiger partial charge in [0.1, 0.15) is 15.8 Å². The monoisotopic (exact) mass is 449 g/mol. The fourth-order valence-electron chi connectivity index (χ4n) is 3.46. The molecule has 0 aliphatic rings. The molecule has 0 saturated carbocycles. The molecule has 9 heteroatoms. The molecule has 1 atom stereocenters. The molecule has 0 fully saturated rings. The van der Waals surface area contributed by atoms with Gasteiger partial charge in [-0.05, 0) is 49.2 Å². The molecule has 0 N–H and O–H groups in total. The Morgan fingerprint density at radius 2 is 1.87 bits per heavy atom. The Morgan fingerprint density at radius 1 is 1.23 bits per heavy atom. The summed E-state index contributed by atoms with van der Waals surface area (Å²) in [4.78, 5) is 13.1. The molecule has 0 radical (unpaired) electrons. The molecular formula is C21H24ClN3O4S. The summed E-state index contributed by atoms with van der Waals surface area (Å²) in [7, 11) is -0.985. The summed E-state index contributed by atoms with van der Waals surface area (Å²) < 4.78 is 33.9. The number of aryl methyl sites for hydroxylation is 2. The van der Waals surface area contributed by atoms with Crippen LogP contribution in [0.4, 0.5) is 0 Å². The van der Waals surface area contributed by atoms with Crippen LogP contribution in [0.2, 0.25) is 5.15 Å². The second-order valence-corrected chi connectivity index (χ2v) is 9.19. The van der Waals surface area contributed by atoms with Gasteiger partial charge in [-0.3, -0.25) is 9.48 Å². The third-order valence-corrected chi connectivity index (χ3v) is 7.69. The van der Waals surface area contributed by atoms with Gasteiger partial charge in [0, 0.05) is 13.6 Å². The molecule has 0 unspecified atom stereocenters. The number of methoxy groups -OCH3 is 1. The van der Waals surface area contributed by atoms with Crippen molar-refractivity contribution < 1.29 is 17.9 Å². The number of rotatable bonds is 6. The standard InChI is InChI=1S/C21H24ClN3O4S/c1-6-25(30(27,28)19-14(3)23-24(4)20(19)22)21(26)13(2)15-7-8-17-12-18(29-5)10-9-16(17)11-15/h7-13H,6H2,1-5H3/t13-/m0/s1. The Labute approximate surface area is 181 Å². The number of nitrogens with zero attached hydrogens (tertiary/aromatic N) is 3. The van der Waals surface area contributed by atoms with E-state index in [0.717, 1.165) is 26.4 Å². The minimum atomic E-state index is -4.14. The lowest BCUT2D eigenvalue weighted by Gasteiger charge is -2.24. The van der Waals surface area contributed by atoms with Crippen molar-refractivity contribution in [1.29, 1.82) is 0 Å². The van der Waals surface area contributed by atoms with E-state index in [9.17, 15) is 13.2 Å². The van der Waals surface area contributed by atoms with Gasteiger partial charge in [-0.1, -0.05) is 35.9 Å². The fraction of sp³-hybridized carbons (Fsp3) is 0.333. The van der Waals surface area contributed by atoms with Crippen molar-refractivity contribution in [2.24, 2.45) is 7.05 Å². The molecule has 1 amide bonds. The van der Waals surface area contributed by atoms with Crippen LogP contribution < -0.4 is 4.74 Å². The summed E-state index contributed by atoms with van der Waals surface area (Å²) in [5.41, 5.74) is 0.973. The second kappa shape index (κ2) is 8.28. The maximum atomic E-state index is 13.2. The summed E-state index contributed by atoms with van der Waals surface area (Å²) in [5, 5.41) is 5.94. The summed E-state index contributed by atoms with van der Waals surface area (Å²) in [6.07, 6.45) is 0. The molecule has 1 heterocycles. The number of fused-ring (bicyclic) bond motifs is 1. The van der Waals surface area contributed by atoms with Gasteiger partial charge in [-0.2, -0.15) is 5.10 Å². The van der Waals surface area contributed by atoms with E-state index in [1.165, 1.54) is 4.68 Å². The molecule has 7 nitrogen and oxygen atoms in total. The highest BCUT2D eigenvalue weighted by Gasteiger charge is 2.36. The molecule has 0 aliphatic carbocycles. The average molecular weight is 450 g/mol. The molecule has 1 aromatic heterocycles. The number of carbonyl (C=O) groups excluding carboxylic acids is 1. The normalized spacial score (nSPS) is 12.7. The predicted molar refractivity (Wildman–Crippen MR) is 116 cm³/mol. The summed E-state index contributed by atoms with van der Waals surface area (Å²) in [6.45, 7) is 4.86. The lowest BCUT2D eigenvalue weighted by atomic mass is 9.97. The predicted octanol–water partition coefficient (Wildman–Crippen LogP) is 3.88. The first-order chi connectivity index (χ1) is 14.1. The van der Waals surface area contributed by atoms with Crippen LogP contribution >= 0.6 is 11.6 Å². The van der Waals surface area contributed by atoms with E-state index in [0.29, 0.717) is 0 Å². The van der Waals surface area contributed by atoms with Gasteiger partial charge in [0.05, 0.1) is 18.7 Å². The van der Waals surface area contributed by atoms with Gasteiger partial charge in [0.15, 0.2) is 0 Å². The van der Waals surface area contributed by atoms with E-state index >= 15 is 0 Å². The van der Waals surface area contributed by atoms with Crippen LogP contribution in [-0.2, 0) is 21.9 Å². The summed E-state index contributed by atoms with van der Waals surface area (Å²) in [6, 6.07) is 11.3. The number of carbonyl (C=O) groups is 1. The van der Waals surface area contributed by atoms with Gasteiger partial charge in [0.2, 0.25) is 5.91 Å². The van der Waals surface area contributed by atoms with Crippen LogP contribution in [0.25, 0.3) is 10.8 Å². The molecule has 30 heavy (non-hydrogen) atoms. The second-order valence-electron chi connectivity index (χ2n) is 7.03. The quantitative estimate of drug-likeness (QED) is 0.570. The van der Waals surface area contributed by atoms with Gasteiger partial charge >= 0.3 is 0 Å². The Hall–Kier alpha value is -2.58. The molecule has 0 spiro atoms. The third kappa shape index (κ3) is 3.77. The average Bonchev–Trinajstić information content (AvgIpc) is 2.98. The Kier molecular flexibility index (Phi) is 6.10. The van der Waals surface area contributed by atoms with Crippen molar-refractivity contribution in [3.63, 3.8) is 0 Å². The molecule has 3 rings (SSSR count). The van der Waals surface area contributed by atoms with Crippen LogP contribution in [0.5, 0.6) is 5.75 Å². The topological polar surface area (TPSA) is 81.5 Å². The lowest BCUT2D eigenvalue weighted by molar-refractivity contribution is -0.127. The van der Waals surface area contributed by atoms with Crippen LogP contribution in [0.1, 0.15) is 31.0 Å². The van der Waals surface area contributed by atoms with Crippen LogP contribution in [0.3, 0.4) is 0 Å². The smallest absolute Gasteiger partial charge is 0.271 e. The van der Waals surface area contributed by atoms with Crippen molar-refractivity contribution in [3.8, 4) is 5.75 Å². The number of aromatic nitrogens is 2.